The number of hydrogen-bond acceptors (Lipinski definition) is 2. The SMILES string of the molecule is CCCN(C)S([O])(=O)=O. The Morgan fingerprint density at radius 2 is 1.89 bits per heavy atom. The van der Waals surface area contributed by atoms with Crippen LogP contribution >= 0.6 is 0 Å². The van der Waals surface area contributed by atoms with Gasteiger partial charge in [-0.15, -0.1) is 0 Å². The highest BCUT2D eigenvalue weighted by atomic mass is 32.2. The molecule has 0 aliphatic rings. The lowest BCUT2D eigenvalue weighted by molar-refractivity contribution is 0.341. The zero-order chi connectivity index (χ0) is 7.49. The van der Waals surface area contributed by atoms with Crippen molar-refractivity contribution >= 4 is 10.3 Å². The van der Waals surface area contributed by atoms with E-state index in [9.17, 15) is 13.0 Å². The van der Waals surface area contributed by atoms with Gasteiger partial charge in [-0.25, -0.2) is 0 Å². The third-order valence-electron chi connectivity index (χ3n) is 0.920. The fraction of sp³-hybridized carbons (Fsp3) is 1.00. The van der Waals surface area contributed by atoms with Crippen molar-refractivity contribution in [3.63, 3.8) is 0 Å². The molecule has 0 fully saturated rings. The monoisotopic (exact) mass is 152 g/mol. The van der Waals surface area contributed by atoms with E-state index in [0.717, 1.165) is 4.31 Å². The molecule has 0 aromatic carbocycles. The van der Waals surface area contributed by atoms with Crippen LogP contribution in [0.25, 0.3) is 0 Å². The highest BCUT2D eigenvalue weighted by Gasteiger charge is 2.12. The molecule has 0 aliphatic carbocycles. The maximum Gasteiger partial charge on any atom is 0.365 e. The van der Waals surface area contributed by atoms with Crippen LogP contribution in [0.5, 0.6) is 0 Å². The second kappa shape index (κ2) is 3.14. The number of hydrogen-bond donors (Lipinski definition) is 0. The van der Waals surface area contributed by atoms with Gasteiger partial charge in [-0.1, -0.05) is 11.5 Å². The standard InChI is InChI=1S/C4H10NO3S/c1-3-4-5(2)9(6,7)8/h3-4H2,1-2H3. The van der Waals surface area contributed by atoms with E-state index in [0.29, 0.717) is 13.0 Å². The first kappa shape index (κ1) is 8.87. The summed E-state index contributed by atoms with van der Waals surface area (Å²) in [6, 6.07) is 0. The van der Waals surface area contributed by atoms with Gasteiger partial charge in [-0.05, 0) is 6.42 Å². The van der Waals surface area contributed by atoms with Crippen LogP contribution in [-0.2, 0) is 14.9 Å². The molecule has 0 aliphatic heterocycles. The molecule has 0 saturated heterocycles. The third-order valence-corrected chi connectivity index (χ3v) is 1.87. The van der Waals surface area contributed by atoms with Crippen molar-refractivity contribution in [2.24, 2.45) is 0 Å². The van der Waals surface area contributed by atoms with Crippen LogP contribution in [0.2, 0.25) is 0 Å². The van der Waals surface area contributed by atoms with E-state index in [1.54, 1.807) is 0 Å². The summed E-state index contributed by atoms with van der Waals surface area (Å²) in [6.45, 7) is 2.10. The number of nitrogens with zero attached hydrogens (tertiary/aromatic N) is 1. The van der Waals surface area contributed by atoms with Gasteiger partial charge in [0.1, 0.15) is 0 Å². The molecule has 0 unspecified atom stereocenters. The molecule has 0 spiro atoms. The normalized spacial score (nSPS) is 12.4. The highest BCUT2D eigenvalue weighted by molar-refractivity contribution is 7.83. The van der Waals surface area contributed by atoms with Crippen LogP contribution in [0.3, 0.4) is 0 Å². The van der Waals surface area contributed by atoms with Crippen molar-refractivity contribution in [1.29, 1.82) is 0 Å². The second-order valence-corrected chi connectivity index (χ2v) is 3.26. The average molecular weight is 152 g/mol. The van der Waals surface area contributed by atoms with Gasteiger partial charge in [-0.2, -0.15) is 12.7 Å². The van der Waals surface area contributed by atoms with Crippen molar-refractivity contribution in [2.45, 2.75) is 13.3 Å². The quantitative estimate of drug-likeness (QED) is 0.571. The topological polar surface area (TPSA) is 57.3 Å². The van der Waals surface area contributed by atoms with E-state index >= 15 is 0 Å². The predicted octanol–water partition coefficient (Wildman–Crippen LogP) is 0.00350. The Labute approximate surface area is 55.4 Å². The van der Waals surface area contributed by atoms with E-state index in [2.05, 4.69) is 0 Å². The van der Waals surface area contributed by atoms with Crippen molar-refractivity contribution in [2.75, 3.05) is 13.6 Å². The first-order valence-corrected chi connectivity index (χ1v) is 4.02. The van der Waals surface area contributed by atoms with Crippen LogP contribution in [0, 0.1) is 0 Å². The fourth-order valence-corrected chi connectivity index (χ4v) is 0.833. The second-order valence-electron chi connectivity index (χ2n) is 1.78. The Morgan fingerprint density at radius 1 is 1.44 bits per heavy atom. The molecular formula is C4H10NO3S. The number of rotatable bonds is 3. The summed E-state index contributed by atoms with van der Waals surface area (Å²) in [7, 11) is -2.91. The lowest BCUT2D eigenvalue weighted by Crippen LogP contribution is -2.25. The summed E-state index contributed by atoms with van der Waals surface area (Å²) >= 11 is 0. The van der Waals surface area contributed by atoms with Crippen LogP contribution in [-0.4, -0.2) is 26.3 Å². The molecule has 4 nitrogen and oxygen atoms in total. The molecule has 0 rings (SSSR count). The summed E-state index contributed by atoms with van der Waals surface area (Å²) < 4.78 is 31.1. The van der Waals surface area contributed by atoms with Crippen LogP contribution in [0.1, 0.15) is 13.3 Å². The van der Waals surface area contributed by atoms with Crippen LogP contribution in [0.4, 0.5) is 0 Å². The molecule has 0 atom stereocenters. The maximum atomic E-state index is 10.1. The van der Waals surface area contributed by atoms with Gasteiger partial charge in [0, 0.05) is 13.6 Å². The average Bonchev–Trinajstić information content (AvgIpc) is 1.64. The largest absolute Gasteiger partial charge is 0.365 e. The summed E-state index contributed by atoms with van der Waals surface area (Å²) in [5, 5.41) is 0. The van der Waals surface area contributed by atoms with E-state index in [1.807, 2.05) is 6.92 Å². The molecule has 0 aromatic heterocycles. The van der Waals surface area contributed by atoms with Gasteiger partial charge in [0.2, 0.25) is 0 Å². The van der Waals surface area contributed by atoms with Crippen LogP contribution in [0.15, 0.2) is 0 Å². The molecule has 0 saturated carbocycles. The molecule has 0 N–H and O–H groups in total. The Bertz CT molecular complexity index is 163. The molecule has 5 heteroatoms. The molecule has 0 heterocycles. The van der Waals surface area contributed by atoms with Gasteiger partial charge in [0.05, 0.1) is 0 Å². The molecule has 0 amide bonds. The predicted molar refractivity (Wildman–Crippen MR) is 32.5 cm³/mol. The first-order chi connectivity index (χ1) is 3.98. The van der Waals surface area contributed by atoms with Crippen LogP contribution < -0.4 is 0 Å². The first-order valence-electron chi connectivity index (χ1n) is 2.65. The maximum absolute atomic E-state index is 10.1. The minimum Gasteiger partial charge on any atom is -0.180 e. The van der Waals surface area contributed by atoms with Crippen molar-refractivity contribution < 1.29 is 13.0 Å². The van der Waals surface area contributed by atoms with Crippen molar-refractivity contribution in [3.8, 4) is 0 Å². The van der Waals surface area contributed by atoms with Crippen molar-refractivity contribution in [1.82, 2.24) is 4.31 Å². The third kappa shape index (κ3) is 3.45. The Balaban J connectivity index is 3.90. The summed E-state index contributed by atoms with van der Waals surface area (Å²) in [5.74, 6) is 0. The molecule has 9 heavy (non-hydrogen) atoms. The van der Waals surface area contributed by atoms with Crippen molar-refractivity contribution in [3.05, 3.63) is 0 Å². The lowest BCUT2D eigenvalue weighted by atomic mass is 10.5. The summed E-state index contributed by atoms with van der Waals surface area (Å²) in [4.78, 5) is 0. The van der Waals surface area contributed by atoms with E-state index < -0.39 is 10.3 Å². The fourth-order valence-electron chi connectivity index (χ4n) is 0.427. The zero-order valence-electron chi connectivity index (χ0n) is 5.49. The van der Waals surface area contributed by atoms with Gasteiger partial charge in [0.25, 0.3) is 0 Å². The van der Waals surface area contributed by atoms with Gasteiger partial charge >= 0.3 is 10.3 Å². The smallest absolute Gasteiger partial charge is 0.180 e. The lowest BCUT2D eigenvalue weighted by Gasteiger charge is -2.07. The van der Waals surface area contributed by atoms with E-state index in [1.165, 1.54) is 7.05 Å². The van der Waals surface area contributed by atoms with Gasteiger partial charge in [0.15, 0.2) is 0 Å². The Hall–Kier alpha value is -0.130. The highest BCUT2D eigenvalue weighted by Crippen LogP contribution is 1.93. The minimum atomic E-state index is -4.18. The summed E-state index contributed by atoms with van der Waals surface area (Å²) in [5.41, 5.74) is 0. The molecule has 1 radical (unpaired) electrons. The summed E-state index contributed by atoms with van der Waals surface area (Å²) in [6.07, 6.45) is 0.665. The zero-order valence-corrected chi connectivity index (χ0v) is 6.31. The van der Waals surface area contributed by atoms with Gasteiger partial charge < -0.3 is 0 Å². The van der Waals surface area contributed by atoms with Gasteiger partial charge in [-0.3, -0.25) is 0 Å². The van der Waals surface area contributed by atoms with E-state index in [-0.39, 0.29) is 0 Å². The molecular weight excluding hydrogens is 142 g/mol. The molecule has 55 valence electrons. The van der Waals surface area contributed by atoms with E-state index in [4.69, 9.17) is 0 Å². The molecule has 0 bridgehead atoms. The molecule has 0 aromatic rings. The Kier molecular flexibility index (Phi) is 3.10. The minimum absolute atomic E-state index is 0.297. The Morgan fingerprint density at radius 3 is 2.00 bits per heavy atom.